The second kappa shape index (κ2) is 6.17. The molecular formula is C12H20N2O3S. The van der Waals surface area contributed by atoms with Gasteiger partial charge in [0, 0.05) is 18.8 Å². The highest BCUT2D eigenvalue weighted by atomic mass is 32.2. The first kappa shape index (κ1) is 14.9. The van der Waals surface area contributed by atoms with Crippen LogP contribution in [0.3, 0.4) is 0 Å². The largest absolute Gasteiger partial charge is 0.399 e. The summed E-state index contributed by atoms with van der Waals surface area (Å²) in [4.78, 5) is 0.243. The van der Waals surface area contributed by atoms with Gasteiger partial charge in [0.05, 0.1) is 11.5 Å². The first-order chi connectivity index (χ1) is 8.40. The van der Waals surface area contributed by atoms with Crippen molar-refractivity contribution in [3.05, 3.63) is 23.8 Å². The van der Waals surface area contributed by atoms with Gasteiger partial charge in [-0.1, -0.05) is 13.0 Å². The zero-order chi connectivity index (χ0) is 13.8. The Balaban J connectivity index is 3.07. The molecule has 0 radical (unpaired) electrons. The van der Waals surface area contributed by atoms with E-state index in [9.17, 15) is 8.42 Å². The van der Waals surface area contributed by atoms with E-state index in [1.54, 1.807) is 19.1 Å². The molecule has 0 heterocycles. The average molecular weight is 272 g/mol. The summed E-state index contributed by atoms with van der Waals surface area (Å²) in [6.45, 7) is 3.98. The molecule has 0 fully saturated rings. The summed E-state index contributed by atoms with van der Waals surface area (Å²) in [5.74, 6) is 0. The Morgan fingerprint density at radius 3 is 2.67 bits per heavy atom. The summed E-state index contributed by atoms with van der Waals surface area (Å²) in [5, 5.41) is 0. The minimum absolute atomic E-state index is 0.243. The number of benzene rings is 1. The molecule has 1 rings (SSSR count). The number of rotatable bonds is 6. The summed E-state index contributed by atoms with van der Waals surface area (Å²) in [6.07, 6.45) is 0.634. The van der Waals surface area contributed by atoms with E-state index in [1.807, 2.05) is 6.92 Å². The molecule has 102 valence electrons. The zero-order valence-electron chi connectivity index (χ0n) is 10.9. The van der Waals surface area contributed by atoms with Crippen LogP contribution in [0.2, 0.25) is 0 Å². The molecule has 0 aliphatic carbocycles. The second-order valence-electron chi connectivity index (χ2n) is 4.20. The van der Waals surface area contributed by atoms with Crippen LogP contribution in [-0.2, 0) is 21.2 Å². The molecule has 0 aliphatic heterocycles. The molecule has 3 N–H and O–H groups in total. The maximum absolute atomic E-state index is 12.2. The van der Waals surface area contributed by atoms with Crippen LogP contribution >= 0.6 is 0 Å². The Kier molecular flexibility index (Phi) is 5.13. The molecular weight excluding hydrogens is 252 g/mol. The van der Waals surface area contributed by atoms with E-state index in [0.29, 0.717) is 18.7 Å². The van der Waals surface area contributed by atoms with Gasteiger partial charge in [-0.3, -0.25) is 0 Å². The minimum atomic E-state index is -3.56. The third-order valence-corrected chi connectivity index (χ3v) is 4.21. The Hall–Kier alpha value is -1.11. The first-order valence-electron chi connectivity index (χ1n) is 5.80. The highest BCUT2D eigenvalue weighted by Gasteiger charge is 2.20. The lowest BCUT2D eigenvalue weighted by Crippen LogP contribution is -2.36. The van der Waals surface area contributed by atoms with E-state index >= 15 is 0 Å². The van der Waals surface area contributed by atoms with Crippen LogP contribution in [0.15, 0.2) is 23.1 Å². The molecule has 5 nitrogen and oxygen atoms in total. The number of nitrogens with two attached hydrogens (primary N) is 1. The van der Waals surface area contributed by atoms with Crippen molar-refractivity contribution < 1.29 is 13.2 Å². The molecule has 1 atom stereocenters. The number of sulfonamides is 1. The van der Waals surface area contributed by atoms with Crippen LogP contribution in [0, 0.1) is 0 Å². The van der Waals surface area contributed by atoms with Crippen molar-refractivity contribution in [1.82, 2.24) is 4.72 Å². The second-order valence-corrected chi connectivity index (χ2v) is 5.88. The molecule has 0 saturated carbocycles. The molecule has 6 heteroatoms. The van der Waals surface area contributed by atoms with Crippen LogP contribution in [0.4, 0.5) is 5.69 Å². The lowest BCUT2D eigenvalue weighted by molar-refractivity contribution is 0.180. The van der Waals surface area contributed by atoms with Crippen molar-refractivity contribution in [3.8, 4) is 0 Å². The lowest BCUT2D eigenvalue weighted by atomic mass is 10.1. The van der Waals surface area contributed by atoms with Crippen molar-refractivity contribution in [3.63, 3.8) is 0 Å². The number of hydrogen-bond acceptors (Lipinski definition) is 4. The Labute approximate surface area is 108 Å². The number of nitrogens with one attached hydrogen (secondary N) is 1. The number of methoxy groups -OCH3 is 1. The van der Waals surface area contributed by atoms with Gasteiger partial charge in [-0.05, 0) is 31.0 Å². The lowest BCUT2D eigenvalue weighted by Gasteiger charge is -2.15. The smallest absolute Gasteiger partial charge is 0.241 e. The zero-order valence-corrected chi connectivity index (χ0v) is 11.8. The Morgan fingerprint density at radius 1 is 1.44 bits per heavy atom. The SMILES string of the molecule is CCc1ccc(N)cc1S(=O)(=O)NC(C)COC. The van der Waals surface area contributed by atoms with Crippen LogP contribution < -0.4 is 10.5 Å². The quantitative estimate of drug-likeness (QED) is 0.761. The number of anilines is 1. The maximum atomic E-state index is 12.2. The summed E-state index contributed by atoms with van der Waals surface area (Å²) >= 11 is 0. The van der Waals surface area contributed by atoms with Crippen molar-refractivity contribution in [2.45, 2.75) is 31.2 Å². The summed E-state index contributed by atoms with van der Waals surface area (Å²) in [7, 11) is -2.03. The molecule has 0 saturated heterocycles. The standard InChI is InChI=1S/C12H20N2O3S/c1-4-10-5-6-11(13)7-12(10)18(15,16)14-9(2)8-17-3/h5-7,9,14H,4,8,13H2,1-3H3. The highest BCUT2D eigenvalue weighted by molar-refractivity contribution is 7.89. The summed E-state index contributed by atoms with van der Waals surface area (Å²) in [6, 6.07) is 4.65. The van der Waals surface area contributed by atoms with E-state index in [2.05, 4.69) is 4.72 Å². The van der Waals surface area contributed by atoms with Gasteiger partial charge in [-0.15, -0.1) is 0 Å². The van der Waals surface area contributed by atoms with Gasteiger partial charge < -0.3 is 10.5 Å². The fourth-order valence-electron chi connectivity index (χ4n) is 1.73. The summed E-state index contributed by atoms with van der Waals surface area (Å²) in [5.41, 5.74) is 6.84. The van der Waals surface area contributed by atoms with Crippen molar-refractivity contribution >= 4 is 15.7 Å². The fourth-order valence-corrected chi connectivity index (χ4v) is 3.30. The molecule has 1 unspecified atom stereocenters. The van der Waals surface area contributed by atoms with Crippen LogP contribution in [-0.4, -0.2) is 28.2 Å². The first-order valence-corrected chi connectivity index (χ1v) is 7.28. The molecule has 1 aromatic rings. The van der Waals surface area contributed by atoms with Crippen molar-refractivity contribution in [2.24, 2.45) is 0 Å². The third kappa shape index (κ3) is 3.69. The molecule has 0 aromatic heterocycles. The van der Waals surface area contributed by atoms with Crippen molar-refractivity contribution in [2.75, 3.05) is 19.5 Å². The average Bonchev–Trinajstić information content (AvgIpc) is 2.28. The van der Waals surface area contributed by atoms with E-state index in [0.717, 1.165) is 5.56 Å². The van der Waals surface area contributed by atoms with E-state index in [4.69, 9.17) is 10.5 Å². The van der Waals surface area contributed by atoms with Gasteiger partial charge in [-0.25, -0.2) is 13.1 Å². The predicted octanol–water partition coefficient (Wildman–Crippen LogP) is 1.14. The van der Waals surface area contributed by atoms with Crippen molar-refractivity contribution in [1.29, 1.82) is 0 Å². The number of ether oxygens (including phenoxy) is 1. The van der Waals surface area contributed by atoms with Crippen LogP contribution in [0.25, 0.3) is 0 Å². The Bertz CT molecular complexity index is 500. The van der Waals surface area contributed by atoms with Gasteiger partial charge >= 0.3 is 0 Å². The molecule has 0 bridgehead atoms. The van der Waals surface area contributed by atoms with Gasteiger partial charge in [0.2, 0.25) is 10.0 Å². The maximum Gasteiger partial charge on any atom is 0.241 e. The summed E-state index contributed by atoms with van der Waals surface area (Å²) < 4.78 is 31.9. The molecule has 0 amide bonds. The third-order valence-electron chi connectivity index (χ3n) is 2.53. The molecule has 18 heavy (non-hydrogen) atoms. The molecule has 0 spiro atoms. The van der Waals surface area contributed by atoms with Gasteiger partial charge in [0.15, 0.2) is 0 Å². The number of aryl methyl sites for hydroxylation is 1. The molecule has 1 aromatic carbocycles. The highest BCUT2D eigenvalue weighted by Crippen LogP contribution is 2.19. The van der Waals surface area contributed by atoms with Crippen LogP contribution in [0.5, 0.6) is 0 Å². The number of nitrogen functional groups attached to an aromatic ring is 1. The fraction of sp³-hybridized carbons (Fsp3) is 0.500. The minimum Gasteiger partial charge on any atom is -0.399 e. The number of hydrogen-bond donors (Lipinski definition) is 2. The Morgan fingerprint density at radius 2 is 2.11 bits per heavy atom. The van der Waals surface area contributed by atoms with Gasteiger partial charge in [0.25, 0.3) is 0 Å². The predicted molar refractivity (Wildman–Crippen MR) is 71.9 cm³/mol. The molecule has 0 aliphatic rings. The van der Waals surface area contributed by atoms with E-state index in [-0.39, 0.29) is 10.9 Å². The monoisotopic (exact) mass is 272 g/mol. The van der Waals surface area contributed by atoms with Gasteiger partial charge in [-0.2, -0.15) is 0 Å². The topological polar surface area (TPSA) is 81.4 Å². The van der Waals surface area contributed by atoms with E-state index < -0.39 is 10.0 Å². The van der Waals surface area contributed by atoms with Crippen LogP contribution in [0.1, 0.15) is 19.4 Å². The van der Waals surface area contributed by atoms with Gasteiger partial charge in [0.1, 0.15) is 0 Å². The normalized spacial score (nSPS) is 13.5. The van der Waals surface area contributed by atoms with E-state index in [1.165, 1.54) is 13.2 Å².